The van der Waals surface area contributed by atoms with Crippen molar-refractivity contribution in [1.82, 2.24) is 4.31 Å². The number of hydrogen-bond donors (Lipinski definition) is 1. The summed E-state index contributed by atoms with van der Waals surface area (Å²) in [5, 5.41) is 2.90. The second-order valence-corrected chi connectivity index (χ2v) is 8.63. The molecule has 0 radical (unpaired) electrons. The summed E-state index contributed by atoms with van der Waals surface area (Å²) in [4.78, 5) is 14.6. The fourth-order valence-electron chi connectivity index (χ4n) is 3.32. The second kappa shape index (κ2) is 9.90. The van der Waals surface area contributed by atoms with Crippen LogP contribution in [0.4, 0.5) is 11.4 Å². The highest BCUT2D eigenvalue weighted by molar-refractivity contribution is 7.89. The molecule has 6 nitrogen and oxygen atoms in total. The molecule has 150 valence electrons. The normalized spacial score (nSPS) is 15.3. The van der Waals surface area contributed by atoms with Gasteiger partial charge in [0.2, 0.25) is 15.9 Å². The summed E-state index contributed by atoms with van der Waals surface area (Å²) in [6.45, 7) is 10.4. The van der Waals surface area contributed by atoms with Crippen LogP contribution in [0.1, 0.15) is 46.0 Å². The van der Waals surface area contributed by atoms with E-state index in [2.05, 4.69) is 16.8 Å². The zero-order chi connectivity index (χ0) is 19.9. The van der Waals surface area contributed by atoms with Crippen molar-refractivity contribution in [3.8, 4) is 0 Å². The number of allylic oxidation sites excluding steroid dienone is 1. The molecule has 1 heterocycles. The van der Waals surface area contributed by atoms with Crippen molar-refractivity contribution < 1.29 is 13.2 Å². The van der Waals surface area contributed by atoms with E-state index in [1.807, 2.05) is 13.8 Å². The molecule has 0 atom stereocenters. The first-order valence-corrected chi connectivity index (χ1v) is 11.2. The zero-order valence-corrected chi connectivity index (χ0v) is 17.2. The van der Waals surface area contributed by atoms with Gasteiger partial charge in [0, 0.05) is 32.6 Å². The van der Waals surface area contributed by atoms with Gasteiger partial charge in [-0.15, -0.1) is 6.58 Å². The van der Waals surface area contributed by atoms with Crippen LogP contribution in [-0.2, 0) is 14.8 Å². The van der Waals surface area contributed by atoms with Gasteiger partial charge >= 0.3 is 0 Å². The molecule has 7 heteroatoms. The number of amides is 1. The van der Waals surface area contributed by atoms with Crippen LogP contribution in [0.15, 0.2) is 35.7 Å². The summed E-state index contributed by atoms with van der Waals surface area (Å²) in [7, 11) is -3.55. The summed E-state index contributed by atoms with van der Waals surface area (Å²) in [6, 6.07) is 5.05. The third-order valence-electron chi connectivity index (χ3n) is 4.87. The molecule has 1 aromatic rings. The monoisotopic (exact) mass is 393 g/mol. The largest absolute Gasteiger partial charge is 0.370 e. The van der Waals surface area contributed by atoms with Crippen LogP contribution in [0.2, 0.25) is 0 Å². The SMILES string of the molecule is C=CCCC(=O)Nc1cc(S(=O)(=O)N2CCCCC2)ccc1N(CC)CC. The van der Waals surface area contributed by atoms with E-state index in [4.69, 9.17) is 0 Å². The Hall–Kier alpha value is -1.86. The lowest BCUT2D eigenvalue weighted by Crippen LogP contribution is -2.35. The molecule has 1 amide bonds. The van der Waals surface area contributed by atoms with Gasteiger partial charge in [-0.1, -0.05) is 12.5 Å². The molecule has 0 bridgehead atoms. The minimum atomic E-state index is -3.55. The molecular weight excluding hydrogens is 362 g/mol. The highest BCUT2D eigenvalue weighted by Gasteiger charge is 2.27. The lowest BCUT2D eigenvalue weighted by Gasteiger charge is -2.28. The molecule has 1 aromatic carbocycles. The minimum absolute atomic E-state index is 0.143. The Balaban J connectivity index is 2.38. The third kappa shape index (κ3) is 5.32. The molecule has 0 aliphatic carbocycles. The van der Waals surface area contributed by atoms with Crippen LogP contribution in [0.3, 0.4) is 0 Å². The van der Waals surface area contributed by atoms with Gasteiger partial charge in [-0.05, 0) is 51.3 Å². The predicted octanol–water partition coefficient (Wildman–Crippen LogP) is 3.61. The standard InChI is InChI=1S/C20H31N3O3S/c1-4-7-11-20(24)21-18-16-17(12-13-19(18)22(5-2)6-3)27(25,26)23-14-9-8-10-15-23/h4,12-13,16H,1,5-11,14-15H2,2-3H3,(H,21,24). The Morgan fingerprint density at radius 3 is 2.48 bits per heavy atom. The molecule has 0 saturated carbocycles. The molecule has 2 rings (SSSR count). The summed E-state index contributed by atoms with van der Waals surface area (Å²) < 4.78 is 27.6. The maximum absolute atomic E-state index is 13.0. The number of hydrogen-bond acceptors (Lipinski definition) is 4. The Labute approximate surface area is 163 Å². The number of rotatable bonds is 9. The van der Waals surface area contributed by atoms with Crippen molar-refractivity contribution in [1.29, 1.82) is 0 Å². The van der Waals surface area contributed by atoms with Gasteiger partial charge in [0.1, 0.15) is 0 Å². The van der Waals surface area contributed by atoms with E-state index in [0.717, 1.165) is 38.0 Å². The number of piperidine rings is 1. The van der Waals surface area contributed by atoms with Gasteiger partial charge in [-0.3, -0.25) is 4.79 Å². The highest BCUT2D eigenvalue weighted by atomic mass is 32.2. The lowest BCUT2D eigenvalue weighted by molar-refractivity contribution is -0.116. The Kier molecular flexibility index (Phi) is 7.86. The molecule has 1 fully saturated rings. The summed E-state index contributed by atoms with van der Waals surface area (Å²) in [5.74, 6) is -0.143. The first kappa shape index (κ1) is 21.4. The van der Waals surface area contributed by atoms with Crippen molar-refractivity contribution in [2.24, 2.45) is 0 Å². The number of anilines is 2. The van der Waals surface area contributed by atoms with Crippen LogP contribution < -0.4 is 10.2 Å². The molecule has 1 aliphatic rings. The molecule has 27 heavy (non-hydrogen) atoms. The Bertz CT molecular complexity index is 752. The average Bonchev–Trinajstić information content (AvgIpc) is 2.69. The number of sulfonamides is 1. The molecule has 1 aliphatic heterocycles. The second-order valence-electron chi connectivity index (χ2n) is 6.69. The molecule has 0 aromatic heterocycles. The van der Waals surface area contributed by atoms with Crippen LogP contribution in [0.5, 0.6) is 0 Å². The highest BCUT2D eigenvalue weighted by Crippen LogP contribution is 2.31. The summed E-state index contributed by atoms with van der Waals surface area (Å²) >= 11 is 0. The van der Waals surface area contributed by atoms with Gasteiger partial charge < -0.3 is 10.2 Å². The van der Waals surface area contributed by atoms with Crippen LogP contribution in [0, 0.1) is 0 Å². The van der Waals surface area contributed by atoms with Gasteiger partial charge in [0.15, 0.2) is 0 Å². The van der Waals surface area contributed by atoms with E-state index in [-0.39, 0.29) is 10.8 Å². The van der Waals surface area contributed by atoms with E-state index >= 15 is 0 Å². The third-order valence-corrected chi connectivity index (χ3v) is 6.77. The Morgan fingerprint density at radius 2 is 1.89 bits per heavy atom. The average molecular weight is 394 g/mol. The first-order chi connectivity index (χ1) is 12.9. The summed E-state index contributed by atoms with van der Waals surface area (Å²) in [5.41, 5.74) is 1.38. The van der Waals surface area contributed by atoms with Crippen molar-refractivity contribution in [2.45, 2.75) is 50.8 Å². The fourth-order valence-corrected chi connectivity index (χ4v) is 4.86. The molecule has 1 N–H and O–H groups in total. The number of carbonyl (C=O) groups is 1. The summed E-state index contributed by atoms with van der Waals surface area (Å²) in [6.07, 6.45) is 5.45. The van der Waals surface area contributed by atoms with E-state index < -0.39 is 10.0 Å². The van der Waals surface area contributed by atoms with E-state index in [1.165, 1.54) is 0 Å². The minimum Gasteiger partial charge on any atom is -0.370 e. The first-order valence-electron chi connectivity index (χ1n) is 9.73. The van der Waals surface area contributed by atoms with E-state index in [0.29, 0.717) is 31.6 Å². The van der Waals surface area contributed by atoms with Gasteiger partial charge in [0.05, 0.1) is 16.3 Å². The van der Waals surface area contributed by atoms with Gasteiger partial charge in [0.25, 0.3) is 0 Å². The quantitative estimate of drug-likeness (QED) is 0.651. The van der Waals surface area contributed by atoms with Crippen molar-refractivity contribution >= 4 is 27.3 Å². The number of carbonyl (C=O) groups excluding carboxylic acids is 1. The number of nitrogens with zero attached hydrogens (tertiary/aromatic N) is 2. The zero-order valence-electron chi connectivity index (χ0n) is 16.4. The lowest BCUT2D eigenvalue weighted by atomic mass is 10.2. The topological polar surface area (TPSA) is 69.7 Å². The molecule has 1 saturated heterocycles. The van der Waals surface area contributed by atoms with E-state index in [9.17, 15) is 13.2 Å². The van der Waals surface area contributed by atoms with Gasteiger partial charge in [-0.25, -0.2) is 8.42 Å². The van der Waals surface area contributed by atoms with Crippen molar-refractivity contribution in [3.63, 3.8) is 0 Å². The predicted molar refractivity (Wildman–Crippen MR) is 111 cm³/mol. The smallest absolute Gasteiger partial charge is 0.243 e. The maximum atomic E-state index is 13.0. The van der Waals surface area contributed by atoms with Gasteiger partial charge in [-0.2, -0.15) is 4.31 Å². The van der Waals surface area contributed by atoms with E-state index in [1.54, 1.807) is 28.6 Å². The molecular formula is C20H31N3O3S. The van der Waals surface area contributed by atoms with Crippen molar-refractivity contribution in [3.05, 3.63) is 30.9 Å². The van der Waals surface area contributed by atoms with Crippen LogP contribution in [0.25, 0.3) is 0 Å². The molecule has 0 unspecified atom stereocenters. The van der Waals surface area contributed by atoms with Crippen LogP contribution >= 0.6 is 0 Å². The van der Waals surface area contributed by atoms with Crippen LogP contribution in [-0.4, -0.2) is 44.8 Å². The Morgan fingerprint density at radius 1 is 1.22 bits per heavy atom. The molecule has 0 spiro atoms. The fraction of sp³-hybridized carbons (Fsp3) is 0.550. The van der Waals surface area contributed by atoms with Crippen molar-refractivity contribution in [2.75, 3.05) is 36.4 Å². The number of benzene rings is 1. The maximum Gasteiger partial charge on any atom is 0.243 e. The number of nitrogens with one attached hydrogen (secondary N) is 1.